The fraction of sp³-hybridized carbons (Fsp3) is 0.333. The molecule has 0 bridgehead atoms. The van der Waals surface area contributed by atoms with E-state index >= 15 is 0 Å². The first-order valence-corrected chi connectivity index (χ1v) is 7.67. The number of carboxylic acids is 1. The molecule has 0 saturated carbocycles. The van der Waals surface area contributed by atoms with Crippen molar-refractivity contribution in [3.63, 3.8) is 0 Å². The number of hydrogen-bond acceptors (Lipinski definition) is 3. The SMILES string of the molecule is CCCCC(NC(=O)c1ccc(OC)c2ccccc12)C(=O)O. The van der Waals surface area contributed by atoms with E-state index in [4.69, 9.17) is 4.74 Å². The number of ether oxygens (including phenoxy) is 1. The van der Waals surface area contributed by atoms with Crippen LogP contribution < -0.4 is 10.1 Å². The highest BCUT2D eigenvalue weighted by molar-refractivity contribution is 6.09. The molecule has 23 heavy (non-hydrogen) atoms. The molecule has 5 heteroatoms. The molecule has 0 aliphatic carbocycles. The Labute approximate surface area is 135 Å². The van der Waals surface area contributed by atoms with Crippen LogP contribution in [0.3, 0.4) is 0 Å². The van der Waals surface area contributed by atoms with Crippen molar-refractivity contribution in [2.45, 2.75) is 32.2 Å². The van der Waals surface area contributed by atoms with Gasteiger partial charge in [0, 0.05) is 10.9 Å². The summed E-state index contributed by atoms with van der Waals surface area (Å²) in [5.41, 5.74) is 0.448. The highest BCUT2D eigenvalue weighted by Gasteiger charge is 2.21. The molecular formula is C18H21NO4. The van der Waals surface area contributed by atoms with Gasteiger partial charge in [-0.15, -0.1) is 0 Å². The molecule has 0 aliphatic rings. The number of methoxy groups -OCH3 is 1. The number of hydrogen-bond donors (Lipinski definition) is 2. The summed E-state index contributed by atoms with van der Waals surface area (Å²) in [5, 5.41) is 13.4. The molecule has 2 N–H and O–H groups in total. The molecule has 0 heterocycles. The summed E-state index contributed by atoms with van der Waals surface area (Å²) >= 11 is 0. The van der Waals surface area contributed by atoms with E-state index in [-0.39, 0.29) is 5.91 Å². The van der Waals surface area contributed by atoms with Crippen molar-refractivity contribution in [3.8, 4) is 5.75 Å². The molecule has 1 unspecified atom stereocenters. The largest absolute Gasteiger partial charge is 0.496 e. The topological polar surface area (TPSA) is 75.6 Å². The highest BCUT2D eigenvalue weighted by Crippen LogP contribution is 2.28. The molecular weight excluding hydrogens is 294 g/mol. The number of rotatable bonds is 7. The van der Waals surface area contributed by atoms with E-state index in [0.29, 0.717) is 17.7 Å². The van der Waals surface area contributed by atoms with Gasteiger partial charge in [0.25, 0.3) is 5.91 Å². The summed E-state index contributed by atoms with van der Waals surface area (Å²) < 4.78 is 5.31. The monoisotopic (exact) mass is 315 g/mol. The van der Waals surface area contributed by atoms with E-state index in [1.807, 2.05) is 31.2 Å². The molecule has 0 spiro atoms. The Kier molecular flexibility index (Phi) is 5.57. The molecule has 122 valence electrons. The molecule has 1 amide bonds. The Morgan fingerprint density at radius 1 is 1.17 bits per heavy atom. The number of carboxylic acid groups (broad SMARTS) is 1. The zero-order chi connectivity index (χ0) is 16.8. The maximum atomic E-state index is 12.5. The van der Waals surface area contributed by atoms with Crippen LogP contribution in [0.2, 0.25) is 0 Å². The lowest BCUT2D eigenvalue weighted by Gasteiger charge is -2.16. The minimum absolute atomic E-state index is 0.382. The summed E-state index contributed by atoms with van der Waals surface area (Å²) in [5.74, 6) is -0.713. The number of amides is 1. The smallest absolute Gasteiger partial charge is 0.326 e. The maximum Gasteiger partial charge on any atom is 0.326 e. The van der Waals surface area contributed by atoms with E-state index in [1.54, 1.807) is 19.2 Å². The summed E-state index contributed by atoms with van der Waals surface area (Å²) in [7, 11) is 1.58. The van der Waals surface area contributed by atoms with Crippen LogP contribution in [0.15, 0.2) is 36.4 Å². The van der Waals surface area contributed by atoms with Crippen molar-refractivity contribution >= 4 is 22.6 Å². The van der Waals surface area contributed by atoms with Crippen LogP contribution >= 0.6 is 0 Å². The minimum Gasteiger partial charge on any atom is -0.496 e. The standard InChI is InChI=1S/C18H21NO4/c1-3-4-9-15(18(21)22)19-17(20)14-10-11-16(23-2)13-8-6-5-7-12(13)14/h5-8,10-11,15H,3-4,9H2,1-2H3,(H,19,20)(H,21,22). The van der Waals surface area contributed by atoms with E-state index in [9.17, 15) is 14.7 Å². The number of carbonyl (C=O) groups is 2. The van der Waals surface area contributed by atoms with Gasteiger partial charge in [0.05, 0.1) is 7.11 Å². The van der Waals surface area contributed by atoms with Gasteiger partial charge in [0.15, 0.2) is 0 Å². The highest BCUT2D eigenvalue weighted by atomic mass is 16.5. The molecule has 0 saturated heterocycles. The van der Waals surface area contributed by atoms with Crippen LogP contribution in [0, 0.1) is 0 Å². The molecule has 0 radical (unpaired) electrons. The number of aliphatic carboxylic acids is 1. The molecule has 2 aromatic rings. The predicted molar refractivity (Wildman–Crippen MR) is 88.9 cm³/mol. The number of unbranched alkanes of at least 4 members (excludes halogenated alkanes) is 1. The Morgan fingerprint density at radius 2 is 1.87 bits per heavy atom. The van der Waals surface area contributed by atoms with Crippen LogP contribution in [-0.4, -0.2) is 30.1 Å². The lowest BCUT2D eigenvalue weighted by Crippen LogP contribution is -2.40. The molecule has 0 fully saturated rings. The van der Waals surface area contributed by atoms with E-state index < -0.39 is 12.0 Å². The fourth-order valence-electron chi connectivity index (χ4n) is 2.55. The van der Waals surface area contributed by atoms with Gasteiger partial charge in [-0.2, -0.15) is 0 Å². The van der Waals surface area contributed by atoms with E-state index in [0.717, 1.165) is 23.6 Å². The normalized spacial score (nSPS) is 11.9. The van der Waals surface area contributed by atoms with Crippen LogP contribution in [0.5, 0.6) is 5.75 Å². The summed E-state index contributed by atoms with van der Waals surface area (Å²) in [6, 6.07) is 9.92. The third kappa shape index (κ3) is 3.80. The predicted octanol–water partition coefficient (Wildman–Crippen LogP) is 3.22. The van der Waals surface area contributed by atoms with E-state index in [1.165, 1.54) is 0 Å². The van der Waals surface area contributed by atoms with Crippen LogP contribution in [0.4, 0.5) is 0 Å². The second kappa shape index (κ2) is 7.63. The zero-order valence-corrected chi connectivity index (χ0v) is 13.3. The van der Waals surface area contributed by atoms with Crippen molar-refractivity contribution in [3.05, 3.63) is 42.0 Å². The third-order valence-corrected chi connectivity index (χ3v) is 3.80. The number of nitrogens with one attached hydrogen (secondary N) is 1. The van der Waals surface area contributed by atoms with Crippen molar-refractivity contribution in [1.29, 1.82) is 0 Å². The van der Waals surface area contributed by atoms with Gasteiger partial charge in [-0.25, -0.2) is 4.79 Å². The summed E-state index contributed by atoms with van der Waals surface area (Å²) in [6.07, 6.45) is 2.05. The van der Waals surface area contributed by atoms with Crippen molar-refractivity contribution in [2.75, 3.05) is 7.11 Å². The van der Waals surface area contributed by atoms with Gasteiger partial charge >= 0.3 is 5.97 Å². The van der Waals surface area contributed by atoms with Crippen molar-refractivity contribution in [1.82, 2.24) is 5.32 Å². The first-order chi connectivity index (χ1) is 11.1. The van der Waals surface area contributed by atoms with Gasteiger partial charge in [-0.05, 0) is 23.9 Å². The Hall–Kier alpha value is -2.56. The molecule has 2 aromatic carbocycles. The number of benzene rings is 2. The third-order valence-electron chi connectivity index (χ3n) is 3.80. The fourth-order valence-corrected chi connectivity index (χ4v) is 2.55. The van der Waals surface area contributed by atoms with Crippen LogP contribution in [-0.2, 0) is 4.79 Å². The quantitative estimate of drug-likeness (QED) is 0.822. The van der Waals surface area contributed by atoms with Gasteiger partial charge in [-0.1, -0.05) is 44.0 Å². The molecule has 0 aromatic heterocycles. The van der Waals surface area contributed by atoms with Crippen LogP contribution in [0.1, 0.15) is 36.5 Å². The first kappa shape index (κ1) is 16.8. The lowest BCUT2D eigenvalue weighted by molar-refractivity contribution is -0.139. The zero-order valence-electron chi connectivity index (χ0n) is 13.3. The average molecular weight is 315 g/mol. The second-order valence-corrected chi connectivity index (χ2v) is 5.37. The first-order valence-electron chi connectivity index (χ1n) is 7.67. The van der Waals surface area contributed by atoms with Crippen LogP contribution in [0.25, 0.3) is 10.8 Å². The lowest BCUT2D eigenvalue weighted by atomic mass is 10.0. The van der Waals surface area contributed by atoms with Gasteiger partial charge in [0.2, 0.25) is 0 Å². The van der Waals surface area contributed by atoms with Crippen molar-refractivity contribution in [2.24, 2.45) is 0 Å². The number of carbonyl (C=O) groups excluding carboxylic acids is 1. The van der Waals surface area contributed by atoms with Crippen molar-refractivity contribution < 1.29 is 19.4 Å². The molecule has 2 rings (SSSR count). The maximum absolute atomic E-state index is 12.5. The molecule has 0 aliphatic heterocycles. The molecule has 5 nitrogen and oxygen atoms in total. The minimum atomic E-state index is -1.01. The summed E-state index contributed by atoms with van der Waals surface area (Å²) in [6.45, 7) is 1.98. The molecule has 1 atom stereocenters. The Balaban J connectivity index is 2.32. The van der Waals surface area contributed by atoms with Gasteiger partial charge in [-0.3, -0.25) is 4.79 Å². The van der Waals surface area contributed by atoms with Gasteiger partial charge in [0.1, 0.15) is 11.8 Å². The Bertz CT molecular complexity index is 711. The Morgan fingerprint density at radius 3 is 2.48 bits per heavy atom. The summed E-state index contributed by atoms with van der Waals surface area (Å²) in [4.78, 5) is 23.8. The average Bonchev–Trinajstić information content (AvgIpc) is 2.57. The number of fused-ring (bicyclic) bond motifs is 1. The van der Waals surface area contributed by atoms with Gasteiger partial charge < -0.3 is 15.2 Å². The second-order valence-electron chi connectivity index (χ2n) is 5.37. The van der Waals surface area contributed by atoms with E-state index in [2.05, 4.69) is 5.32 Å².